The Morgan fingerprint density at radius 1 is 1.16 bits per heavy atom. The largest absolute Gasteiger partial charge is 0.544 e. The van der Waals surface area contributed by atoms with Crippen molar-refractivity contribution in [3.63, 3.8) is 0 Å². The van der Waals surface area contributed by atoms with Crippen molar-refractivity contribution in [2.75, 3.05) is 0 Å². The minimum Gasteiger partial charge on any atom is -0.544 e. The zero-order chi connectivity index (χ0) is 18.6. The van der Waals surface area contributed by atoms with E-state index in [1.807, 2.05) is 24.3 Å². The molecule has 1 unspecified atom stereocenters. The molecule has 2 rings (SSSR count). The number of carbonyl (C=O) groups is 1. The number of carbonyl (C=O) groups excluding carboxylic acids is 1. The first-order valence-corrected chi connectivity index (χ1v) is 8.05. The van der Waals surface area contributed by atoms with E-state index in [0.717, 1.165) is 11.3 Å². The van der Waals surface area contributed by atoms with Gasteiger partial charge in [-0.05, 0) is 34.7 Å². The second-order valence-electron chi connectivity index (χ2n) is 7.01. The summed E-state index contributed by atoms with van der Waals surface area (Å²) in [6, 6.07) is 11.6. The Balaban J connectivity index is 2.32. The van der Waals surface area contributed by atoms with E-state index < -0.39 is 12.0 Å². The van der Waals surface area contributed by atoms with Gasteiger partial charge >= 0.3 is 0 Å². The molecule has 6 nitrogen and oxygen atoms in total. The number of aromatic hydroxyl groups is 1. The van der Waals surface area contributed by atoms with E-state index in [1.54, 1.807) is 12.1 Å². The number of benzene rings is 2. The van der Waals surface area contributed by atoms with Gasteiger partial charge in [0.05, 0.1) is 11.7 Å². The third kappa shape index (κ3) is 4.87. The van der Waals surface area contributed by atoms with Crippen molar-refractivity contribution in [2.45, 2.75) is 38.6 Å². The molecule has 0 heterocycles. The molecule has 4 N–H and O–H groups in total. The molecule has 0 aromatic heterocycles. The summed E-state index contributed by atoms with van der Waals surface area (Å²) in [5.41, 5.74) is 6.20. The molecule has 6 heteroatoms. The fourth-order valence-corrected chi connectivity index (χ4v) is 2.45. The predicted octanol–water partition coefficient (Wildman–Crippen LogP) is 2.01. The molecule has 0 bridgehead atoms. The minimum absolute atomic E-state index is 0.0187. The molecule has 25 heavy (non-hydrogen) atoms. The van der Waals surface area contributed by atoms with Gasteiger partial charge in [0.1, 0.15) is 17.5 Å². The molecule has 1 atom stereocenters. The van der Waals surface area contributed by atoms with E-state index in [9.17, 15) is 15.0 Å². The lowest BCUT2D eigenvalue weighted by Gasteiger charge is -2.20. The SMILES string of the molecule is CC(C)(C)c1ccccc1N=Nc1cc(CC([NH3+])C(=O)[O-])ccc1O. The first-order chi connectivity index (χ1) is 11.7. The number of hydrogen-bond acceptors (Lipinski definition) is 5. The topological polar surface area (TPSA) is 113 Å². The average Bonchev–Trinajstić information content (AvgIpc) is 2.54. The standard InChI is InChI=1S/C19H23N3O3/c1-19(2,3)13-6-4-5-7-15(13)21-22-16-11-12(8-9-17(16)23)10-14(20)18(24)25/h4-9,11,14,23H,10,20H2,1-3H3,(H,24,25). The van der Waals surface area contributed by atoms with Crippen LogP contribution in [0.4, 0.5) is 11.4 Å². The monoisotopic (exact) mass is 341 g/mol. The smallest absolute Gasteiger partial charge is 0.143 e. The molecule has 0 saturated heterocycles. The summed E-state index contributed by atoms with van der Waals surface area (Å²) in [4.78, 5) is 10.8. The van der Waals surface area contributed by atoms with E-state index in [1.165, 1.54) is 6.07 Å². The molecule has 0 aliphatic carbocycles. The molecule has 0 radical (unpaired) electrons. The summed E-state index contributed by atoms with van der Waals surface area (Å²) in [5.74, 6) is -1.23. The number of quaternary nitrogens is 1. The highest BCUT2D eigenvalue weighted by Crippen LogP contribution is 2.34. The van der Waals surface area contributed by atoms with E-state index >= 15 is 0 Å². The maximum atomic E-state index is 10.8. The number of rotatable bonds is 5. The van der Waals surface area contributed by atoms with Gasteiger partial charge in [0.25, 0.3) is 0 Å². The van der Waals surface area contributed by atoms with Gasteiger partial charge in [0.15, 0.2) is 0 Å². The van der Waals surface area contributed by atoms with Crippen molar-refractivity contribution in [1.82, 2.24) is 0 Å². The van der Waals surface area contributed by atoms with Crippen molar-refractivity contribution in [3.05, 3.63) is 53.6 Å². The van der Waals surface area contributed by atoms with Crippen LogP contribution in [-0.4, -0.2) is 17.1 Å². The number of azo groups is 1. The molecular formula is C19H23N3O3. The Bertz CT molecular complexity index is 795. The minimum atomic E-state index is -1.21. The fourth-order valence-electron chi connectivity index (χ4n) is 2.45. The predicted molar refractivity (Wildman–Crippen MR) is 92.8 cm³/mol. The summed E-state index contributed by atoms with van der Waals surface area (Å²) in [7, 11) is 0. The zero-order valence-corrected chi connectivity index (χ0v) is 14.7. The molecule has 0 fully saturated rings. The Labute approximate surface area is 147 Å². The molecular weight excluding hydrogens is 318 g/mol. The van der Waals surface area contributed by atoms with Crippen LogP contribution in [0.15, 0.2) is 52.7 Å². The van der Waals surface area contributed by atoms with Gasteiger partial charge in [-0.3, -0.25) is 0 Å². The second-order valence-corrected chi connectivity index (χ2v) is 7.01. The molecule has 0 saturated carbocycles. The normalized spacial score (nSPS) is 13.1. The molecule has 0 aliphatic rings. The van der Waals surface area contributed by atoms with Crippen molar-refractivity contribution in [1.29, 1.82) is 0 Å². The Hall–Kier alpha value is -2.73. The number of carboxylic acids is 1. The van der Waals surface area contributed by atoms with Crippen LogP contribution in [0, 0.1) is 0 Å². The quantitative estimate of drug-likeness (QED) is 0.811. The number of hydrogen-bond donors (Lipinski definition) is 2. The van der Waals surface area contributed by atoms with E-state index in [0.29, 0.717) is 5.56 Å². The summed E-state index contributed by atoms with van der Waals surface area (Å²) < 4.78 is 0. The first-order valence-electron chi connectivity index (χ1n) is 8.05. The van der Waals surface area contributed by atoms with Crippen LogP contribution < -0.4 is 10.8 Å². The highest BCUT2D eigenvalue weighted by Gasteiger charge is 2.17. The Kier molecular flexibility index (Phi) is 5.54. The van der Waals surface area contributed by atoms with Crippen molar-refractivity contribution in [2.24, 2.45) is 10.2 Å². The Morgan fingerprint density at radius 2 is 1.80 bits per heavy atom. The van der Waals surface area contributed by atoms with Crippen molar-refractivity contribution < 1.29 is 20.7 Å². The van der Waals surface area contributed by atoms with Gasteiger partial charge in [-0.2, -0.15) is 5.11 Å². The third-order valence-corrected chi connectivity index (χ3v) is 3.83. The van der Waals surface area contributed by atoms with Crippen LogP contribution in [0.2, 0.25) is 0 Å². The molecule has 0 aliphatic heterocycles. The van der Waals surface area contributed by atoms with Gasteiger partial charge in [-0.15, -0.1) is 5.11 Å². The molecule has 0 spiro atoms. The summed E-state index contributed by atoms with van der Waals surface area (Å²) >= 11 is 0. The lowest BCUT2D eigenvalue weighted by Crippen LogP contribution is -2.69. The highest BCUT2D eigenvalue weighted by molar-refractivity contribution is 5.69. The van der Waals surface area contributed by atoms with Crippen LogP contribution in [0.25, 0.3) is 0 Å². The Morgan fingerprint density at radius 3 is 2.44 bits per heavy atom. The van der Waals surface area contributed by atoms with Crippen LogP contribution in [0.5, 0.6) is 5.75 Å². The second kappa shape index (κ2) is 7.44. The van der Waals surface area contributed by atoms with E-state index in [2.05, 4.69) is 36.7 Å². The lowest BCUT2D eigenvalue weighted by molar-refractivity contribution is -0.437. The number of carboxylic acid groups (broad SMARTS) is 1. The van der Waals surface area contributed by atoms with Gasteiger partial charge in [-0.1, -0.05) is 45.0 Å². The van der Waals surface area contributed by atoms with Gasteiger partial charge in [0.2, 0.25) is 0 Å². The van der Waals surface area contributed by atoms with Gasteiger partial charge < -0.3 is 20.7 Å². The first kappa shape index (κ1) is 18.6. The summed E-state index contributed by atoms with van der Waals surface area (Å²) in [6.45, 7) is 6.27. The average molecular weight is 341 g/mol. The number of phenols is 1. The molecule has 2 aromatic rings. The molecule has 0 amide bonds. The fraction of sp³-hybridized carbons (Fsp3) is 0.316. The van der Waals surface area contributed by atoms with Gasteiger partial charge in [-0.25, -0.2) is 0 Å². The third-order valence-electron chi connectivity index (χ3n) is 3.83. The van der Waals surface area contributed by atoms with Crippen LogP contribution in [-0.2, 0) is 16.6 Å². The summed E-state index contributed by atoms with van der Waals surface area (Å²) in [6.07, 6.45) is 0.198. The zero-order valence-electron chi connectivity index (χ0n) is 14.7. The number of nitrogens with zero attached hydrogens (tertiary/aromatic N) is 2. The molecule has 2 aromatic carbocycles. The van der Waals surface area contributed by atoms with Crippen LogP contribution in [0.1, 0.15) is 31.9 Å². The van der Waals surface area contributed by atoms with Crippen LogP contribution >= 0.6 is 0 Å². The number of aliphatic carboxylic acids is 1. The molecule has 132 valence electrons. The highest BCUT2D eigenvalue weighted by atomic mass is 16.4. The van der Waals surface area contributed by atoms with E-state index in [4.69, 9.17) is 0 Å². The van der Waals surface area contributed by atoms with Crippen molar-refractivity contribution in [3.8, 4) is 5.75 Å². The van der Waals surface area contributed by atoms with Crippen molar-refractivity contribution >= 4 is 17.3 Å². The van der Waals surface area contributed by atoms with E-state index in [-0.39, 0.29) is 23.3 Å². The lowest BCUT2D eigenvalue weighted by atomic mass is 9.86. The number of phenolic OH excluding ortho intramolecular Hbond substituents is 1. The summed E-state index contributed by atoms with van der Waals surface area (Å²) in [5, 5.41) is 29.3. The van der Waals surface area contributed by atoms with Crippen LogP contribution in [0.3, 0.4) is 0 Å². The maximum absolute atomic E-state index is 10.8. The van der Waals surface area contributed by atoms with Gasteiger partial charge in [0, 0.05) is 6.42 Å². The maximum Gasteiger partial charge on any atom is 0.143 e.